The van der Waals surface area contributed by atoms with Crippen LogP contribution in [-0.4, -0.2) is 31.3 Å². The van der Waals surface area contributed by atoms with Gasteiger partial charge in [0.2, 0.25) is 0 Å². The molecule has 0 aliphatic carbocycles. The second kappa shape index (κ2) is 6.10. The summed E-state index contributed by atoms with van der Waals surface area (Å²) in [4.78, 5) is 0. The van der Waals surface area contributed by atoms with Gasteiger partial charge in [0.05, 0.1) is 18.8 Å². The number of halogens is 1. The highest BCUT2D eigenvalue weighted by atomic mass is 35.5. The Balaban J connectivity index is 2.18. The molecular weight excluding hydrogens is 254 g/mol. The van der Waals surface area contributed by atoms with Crippen LogP contribution >= 0.6 is 23.4 Å². The van der Waals surface area contributed by atoms with E-state index in [0.29, 0.717) is 0 Å². The maximum Gasteiger partial charge on any atom is 0.0860 e. The molecule has 1 heterocycles. The van der Waals surface area contributed by atoms with Crippen molar-refractivity contribution in [3.63, 3.8) is 0 Å². The molecule has 1 N–H and O–H groups in total. The molecule has 1 fully saturated rings. The monoisotopic (exact) mass is 271 g/mol. The molecule has 0 saturated carbocycles. The minimum absolute atomic E-state index is 0.223. The second-order valence-corrected chi connectivity index (χ2v) is 5.82. The summed E-state index contributed by atoms with van der Waals surface area (Å²) < 4.78 is 5.83. The van der Waals surface area contributed by atoms with Crippen molar-refractivity contribution in [2.75, 3.05) is 25.2 Å². The van der Waals surface area contributed by atoms with Gasteiger partial charge in [-0.1, -0.05) is 23.7 Å². The van der Waals surface area contributed by atoms with Crippen molar-refractivity contribution in [3.8, 4) is 0 Å². The van der Waals surface area contributed by atoms with E-state index in [1.165, 1.54) is 5.56 Å². The summed E-state index contributed by atoms with van der Waals surface area (Å²) in [6, 6.07) is 6.46. The topological polar surface area (TPSA) is 21.3 Å². The van der Waals surface area contributed by atoms with Crippen molar-refractivity contribution in [2.24, 2.45) is 0 Å². The van der Waals surface area contributed by atoms with E-state index >= 15 is 0 Å². The lowest BCUT2D eigenvalue weighted by Crippen LogP contribution is -2.36. The van der Waals surface area contributed by atoms with Gasteiger partial charge in [-0.15, -0.1) is 0 Å². The number of hydrogen-bond acceptors (Lipinski definition) is 3. The molecule has 2 nitrogen and oxygen atoms in total. The van der Waals surface area contributed by atoms with Gasteiger partial charge in [-0.05, 0) is 31.2 Å². The van der Waals surface area contributed by atoms with E-state index in [2.05, 4.69) is 17.4 Å². The van der Waals surface area contributed by atoms with Gasteiger partial charge in [0.1, 0.15) is 0 Å². The van der Waals surface area contributed by atoms with Crippen molar-refractivity contribution < 1.29 is 4.74 Å². The maximum absolute atomic E-state index is 6.18. The number of nitrogens with one attached hydrogen (secondary N) is 1. The van der Waals surface area contributed by atoms with E-state index in [1.807, 2.05) is 31.8 Å². The Labute approximate surface area is 112 Å². The van der Waals surface area contributed by atoms with Crippen molar-refractivity contribution in [1.82, 2.24) is 5.32 Å². The average Bonchev–Trinajstić information content (AvgIpc) is 2.36. The molecule has 17 heavy (non-hydrogen) atoms. The molecule has 1 aromatic rings. The summed E-state index contributed by atoms with van der Waals surface area (Å²) in [6.07, 6.45) is 0.234. The number of likely N-dealkylation sites (N-methyl/N-ethyl adjacent to an activating group) is 1. The summed E-state index contributed by atoms with van der Waals surface area (Å²) in [7, 11) is 1.97. The van der Waals surface area contributed by atoms with Gasteiger partial charge in [0.25, 0.3) is 0 Å². The highest BCUT2D eigenvalue weighted by molar-refractivity contribution is 7.99. The molecule has 1 saturated heterocycles. The quantitative estimate of drug-likeness (QED) is 0.913. The molecule has 2 atom stereocenters. The van der Waals surface area contributed by atoms with Gasteiger partial charge in [-0.25, -0.2) is 0 Å². The molecule has 0 radical (unpaired) electrons. The van der Waals surface area contributed by atoms with Crippen LogP contribution in [0.4, 0.5) is 0 Å². The summed E-state index contributed by atoms with van der Waals surface area (Å²) >= 11 is 8.13. The van der Waals surface area contributed by atoms with Crippen molar-refractivity contribution in [3.05, 3.63) is 34.3 Å². The third kappa shape index (κ3) is 3.16. The smallest absolute Gasteiger partial charge is 0.0860 e. The minimum Gasteiger partial charge on any atom is -0.375 e. The Bertz CT molecular complexity index is 380. The summed E-state index contributed by atoms with van der Waals surface area (Å²) in [5.41, 5.74) is 2.32. The zero-order valence-electron chi connectivity index (χ0n) is 10.2. The SMILES string of the molecule is CNC(c1ccc(C)c(Cl)c1)C1CSCCO1. The van der Waals surface area contributed by atoms with Gasteiger partial charge < -0.3 is 10.1 Å². The molecule has 4 heteroatoms. The molecule has 0 bridgehead atoms. The molecule has 0 amide bonds. The van der Waals surface area contributed by atoms with Crippen LogP contribution in [0.15, 0.2) is 18.2 Å². The van der Waals surface area contributed by atoms with Crippen LogP contribution in [-0.2, 0) is 4.74 Å². The average molecular weight is 272 g/mol. The molecular formula is C13H18ClNOS. The lowest BCUT2D eigenvalue weighted by molar-refractivity contribution is 0.0488. The molecule has 1 aromatic carbocycles. The lowest BCUT2D eigenvalue weighted by Gasteiger charge is -2.30. The fourth-order valence-electron chi connectivity index (χ4n) is 2.07. The van der Waals surface area contributed by atoms with E-state index in [1.54, 1.807) is 0 Å². The Morgan fingerprint density at radius 3 is 2.94 bits per heavy atom. The highest BCUT2D eigenvalue weighted by Crippen LogP contribution is 2.28. The molecule has 1 aliphatic rings. The zero-order chi connectivity index (χ0) is 12.3. The normalized spacial score (nSPS) is 22.4. The van der Waals surface area contributed by atoms with E-state index in [-0.39, 0.29) is 12.1 Å². The highest BCUT2D eigenvalue weighted by Gasteiger charge is 2.25. The number of benzene rings is 1. The maximum atomic E-state index is 6.18. The molecule has 2 unspecified atom stereocenters. The van der Waals surface area contributed by atoms with E-state index in [9.17, 15) is 0 Å². The Morgan fingerprint density at radius 2 is 2.35 bits per heavy atom. The second-order valence-electron chi connectivity index (χ2n) is 4.26. The predicted molar refractivity (Wildman–Crippen MR) is 75.1 cm³/mol. The lowest BCUT2D eigenvalue weighted by atomic mass is 10.0. The van der Waals surface area contributed by atoms with Crippen LogP contribution in [0.2, 0.25) is 5.02 Å². The van der Waals surface area contributed by atoms with Crippen LogP contribution < -0.4 is 5.32 Å². The van der Waals surface area contributed by atoms with Crippen molar-refractivity contribution in [1.29, 1.82) is 0 Å². The van der Waals surface area contributed by atoms with Gasteiger partial charge in [0.15, 0.2) is 0 Å². The number of aryl methyl sites for hydroxylation is 1. The minimum atomic E-state index is 0.223. The number of ether oxygens (including phenoxy) is 1. The number of thioether (sulfide) groups is 1. The van der Waals surface area contributed by atoms with Gasteiger partial charge in [-0.3, -0.25) is 0 Å². The zero-order valence-corrected chi connectivity index (χ0v) is 11.8. The number of hydrogen-bond donors (Lipinski definition) is 1. The first-order valence-electron chi connectivity index (χ1n) is 5.85. The molecule has 0 aromatic heterocycles. The van der Waals surface area contributed by atoms with Crippen LogP contribution in [0, 0.1) is 6.92 Å². The van der Waals surface area contributed by atoms with E-state index in [0.717, 1.165) is 28.7 Å². The van der Waals surface area contributed by atoms with Crippen LogP contribution in [0.1, 0.15) is 17.2 Å². The Hall–Kier alpha value is -0.220. The van der Waals surface area contributed by atoms with E-state index < -0.39 is 0 Å². The van der Waals surface area contributed by atoms with Crippen LogP contribution in [0.5, 0.6) is 0 Å². The standard InChI is InChI=1S/C13H18ClNOS/c1-9-3-4-10(7-11(9)14)13(15-2)12-8-17-6-5-16-12/h3-4,7,12-13,15H,5-6,8H2,1-2H3. The fraction of sp³-hybridized carbons (Fsp3) is 0.538. The van der Waals surface area contributed by atoms with Crippen LogP contribution in [0.3, 0.4) is 0 Å². The molecule has 94 valence electrons. The Morgan fingerprint density at radius 1 is 1.53 bits per heavy atom. The number of rotatable bonds is 3. The molecule has 1 aliphatic heterocycles. The van der Waals surface area contributed by atoms with Gasteiger partial charge in [0, 0.05) is 16.5 Å². The van der Waals surface area contributed by atoms with E-state index in [4.69, 9.17) is 16.3 Å². The van der Waals surface area contributed by atoms with Gasteiger partial charge >= 0.3 is 0 Å². The predicted octanol–water partition coefficient (Wildman–Crippen LogP) is 3.04. The van der Waals surface area contributed by atoms with Crippen LogP contribution in [0.25, 0.3) is 0 Å². The summed E-state index contributed by atoms with van der Waals surface area (Å²) in [5, 5.41) is 4.16. The molecule has 2 rings (SSSR count). The first kappa shape index (κ1) is 13.2. The third-order valence-corrected chi connectivity index (χ3v) is 4.51. The summed E-state index contributed by atoms with van der Waals surface area (Å²) in [6.45, 7) is 2.86. The third-order valence-electron chi connectivity index (χ3n) is 3.08. The molecule has 0 spiro atoms. The largest absolute Gasteiger partial charge is 0.375 e. The summed E-state index contributed by atoms with van der Waals surface area (Å²) in [5.74, 6) is 2.14. The first-order valence-corrected chi connectivity index (χ1v) is 7.38. The van der Waals surface area contributed by atoms with Crippen molar-refractivity contribution >= 4 is 23.4 Å². The Kier molecular flexibility index (Phi) is 4.74. The van der Waals surface area contributed by atoms with Crippen molar-refractivity contribution in [2.45, 2.75) is 19.1 Å². The van der Waals surface area contributed by atoms with Gasteiger partial charge in [-0.2, -0.15) is 11.8 Å². The fourth-order valence-corrected chi connectivity index (χ4v) is 3.16. The first-order chi connectivity index (χ1) is 8.22.